The van der Waals surface area contributed by atoms with E-state index in [4.69, 9.17) is 4.74 Å². The van der Waals surface area contributed by atoms with Crippen molar-refractivity contribution in [1.29, 1.82) is 0 Å². The highest BCUT2D eigenvalue weighted by Crippen LogP contribution is 2.21. The molecule has 0 aliphatic carbocycles. The minimum absolute atomic E-state index is 0.197. The molecule has 1 N–H and O–H groups in total. The Bertz CT molecular complexity index is 786. The van der Waals surface area contributed by atoms with Crippen LogP contribution in [0.15, 0.2) is 79.1 Å². The lowest BCUT2D eigenvalue weighted by Crippen LogP contribution is -2.33. The Morgan fingerprint density at radius 1 is 1.00 bits per heavy atom. The van der Waals surface area contributed by atoms with Gasteiger partial charge in [-0.3, -0.25) is 9.78 Å². The van der Waals surface area contributed by atoms with Crippen molar-refractivity contribution in [3.05, 3.63) is 96.1 Å². The molecule has 0 bridgehead atoms. The number of nitrogens with one attached hydrogen (secondary N) is 1. The molecule has 1 heterocycles. The van der Waals surface area contributed by atoms with Gasteiger partial charge in [0.05, 0.1) is 6.04 Å². The summed E-state index contributed by atoms with van der Waals surface area (Å²) in [6.45, 7) is -0.197. The number of carbonyl (C=O) groups is 1. The second-order valence-electron chi connectivity index (χ2n) is 5.44. The molecule has 126 valence electrons. The van der Waals surface area contributed by atoms with Gasteiger partial charge in [-0.2, -0.15) is 0 Å². The summed E-state index contributed by atoms with van der Waals surface area (Å²) >= 11 is 0. The van der Waals surface area contributed by atoms with Gasteiger partial charge in [-0.25, -0.2) is 4.39 Å². The van der Waals surface area contributed by atoms with E-state index < -0.39 is 5.82 Å². The summed E-state index contributed by atoms with van der Waals surface area (Å²) in [6, 6.07) is 18.7. The maximum absolute atomic E-state index is 13.2. The van der Waals surface area contributed by atoms with Crippen molar-refractivity contribution >= 4 is 5.91 Å². The van der Waals surface area contributed by atoms with E-state index in [0.29, 0.717) is 5.75 Å². The van der Waals surface area contributed by atoms with Crippen LogP contribution >= 0.6 is 0 Å². The maximum atomic E-state index is 13.2. The lowest BCUT2D eigenvalue weighted by molar-refractivity contribution is -0.123. The molecule has 0 unspecified atom stereocenters. The minimum Gasteiger partial charge on any atom is -0.484 e. The van der Waals surface area contributed by atoms with E-state index in [-0.39, 0.29) is 18.6 Å². The van der Waals surface area contributed by atoms with Crippen molar-refractivity contribution in [2.75, 3.05) is 6.61 Å². The Labute approximate surface area is 145 Å². The van der Waals surface area contributed by atoms with Gasteiger partial charge in [-0.05, 0) is 35.4 Å². The van der Waals surface area contributed by atoms with Gasteiger partial charge < -0.3 is 10.1 Å². The van der Waals surface area contributed by atoms with Gasteiger partial charge in [-0.15, -0.1) is 0 Å². The van der Waals surface area contributed by atoms with Crippen molar-refractivity contribution in [3.8, 4) is 5.75 Å². The lowest BCUT2D eigenvalue weighted by atomic mass is 10.00. The highest BCUT2D eigenvalue weighted by Gasteiger charge is 2.17. The fourth-order valence-corrected chi connectivity index (χ4v) is 2.47. The van der Waals surface area contributed by atoms with E-state index in [1.165, 1.54) is 18.2 Å². The number of halogens is 1. The molecule has 0 aliphatic rings. The molecular formula is C20H17FN2O2. The van der Waals surface area contributed by atoms with Gasteiger partial charge in [0.15, 0.2) is 6.61 Å². The Balaban J connectivity index is 1.71. The molecule has 4 nitrogen and oxygen atoms in total. The first kappa shape index (κ1) is 16.6. The largest absolute Gasteiger partial charge is 0.484 e. The molecule has 0 spiro atoms. The molecule has 2 aromatic carbocycles. The van der Waals surface area contributed by atoms with Crippen molar-refractivity contribution in [1.82, 2.24) is 10.3 Å². The first-order valence-corrected chi connectivity index (χ1v) is 7.85. The van der Waals surface area contributed by atoms with Gasteiger partial charge in [0.2, 0.25) is 0 Å². The van der Waals surface area contributed by atoms with Crippen molar-refractivity contribution in [2.45, 2.75) is 6.04 Å². The highest BCUT2D eigenvalue weighted by molar-refractivity contribution is 5.78. The fourth-order valence-electron chi connectivity index (χ4n) is 2.47. The average Bonchev–Trinajstić information content (AvgIpc) is 2.66. The molecule has 3 aromatic rings. The maximum Gasteiger partial charge on any atom is 0.258 e. The number of aromatic nitrogens is 1. The van der Waals surface area contributed by atoms with Crippen LogP contribution in [0.2, 0.25) is 0 Å². The van der Waals surface area contributed by atoms with Gasteiger partial charge in [-0.1, -0.05) is 36.4 Å². The number of hydrogen-bond donors (Lipinski definition) is 1. The SMILES string of the molecule is O=C(COc1cccc(F)c1)N[C@@H](c1ccccc1)c1ccncc1. The number of pyridine rings is 1. The van der Waals surface area contributed by atoms with Crippen LogP contribution in [0.1, 0.15) is 17.2 Å². The van der Waals surface area contributed by atoms with Crippen LogP contribution in [0.4, 0.5) is 4.39 Å². The number of hydrogen-bond acceptors (Lipinski definition) is 3. The summed E-state index contributed by atoms with van der Waals surface area (Å²) in [4.78, 5) is 16.3. The first-order chi connectivity index (χ1) is 12.2. The lowest BCUT2D eigenvalue weighted by Gasteiger charge is -2.20. The van der Waals surface area contributed by atoms with Gasteiger partial charge in [0.1, 0.15) is 11.6 Å². The second-order valence-corrected chi connectivity index (χ2v) is 5.44. The third kappa shape index (κ3) is 4.64. The quantitative estimate of drug-likeness (QED) is 0.749. The zero-order valence-electron chi connectivity index (χ0n) is 13.4. The Kier molecular flexibility index (Phi) is 5.36. The summed E-state index contributed by atoms with van der Waals surface area (Å²) in [5, 5.41) is 2.95. The Morgan fingerprint density at radius 3 is 2.44 bits per heavy atom. The van der Waals surface area contributed by atoms with Gasteiger partial charge in [0.25, 0.3) is 5.91 Å². The molecule has 0 saturated carbocycles. The molecular weight excluding hydrogens is 319 g/mol. The summed E-state index contributed by atoms with van der Waals surface area (Å²) in [5.74, 6) is -0.387. The highest BCUT2D eigenvalue weighted by atomic mass is 19.1. The number of ether oxygens (including phenoxy) is 1. The van der Waals surface area contributed by atoms with Crippen molar-refractivity contribution < 1.29 is 13.9 Å². The smallest absolute Gasteiger partial charge is 0.258 e. The standard InChI is InChI=1S/C20H17FN2O2/c21-17-7-4-8-18(13-17)25-14-19(24)23-20(15-5-2-1-3-6-15)16-9-11-22-12-10-16/h1-13,20H,14H2,(H,23,24)/t20-/m0/s1. The molecule has 5 heteroatoms. The zero-order valence-corrected chi connectivity index (χ0v) is 13.4. The van der Waals surface area contributed by atoms with E-state index in [1.807, 2.05) is 42.5 Å². The van der Waals surface area contributed by atoms with Crippen LogP contribution in [0, 0.1) is 5.82 Å². The third-order valence-electron chi connectivity index (χ3n) is 3.64. The van der Waals surface area contributed by atoms with Gasteiger partial charge in [0, 0.05) is 18.5 Å². The predicted molar refractivity (Wildman–Crippen MR) is 92.6 cm³/mol. The summed E-state index contributed by atoms with van der Waals surface area (Å²) in [7, 11) is 0. The summed E-state index contributed by atoms with van der Waals surface area (Å²) in [5.41, 5.74) is 1.87. The fraction of sp³-hybridized carbons (Fsp3) is 0.100. The molecule has 0 radical (unpaired) electrons. The van der Waals surface area contributed by atoms with Crippen LogP contribution in [0.5, 0.6) is 5.75 Å². The number of benzene rings is 2. The number of amides is 1. The van der Waals surface area contributed by atoms with Gasteiger partial charge >= 0.3 is 0 Å². The number of nitrogens with zero attached hydrogens (tertiary/aromatic N) is 1. The Hall–Kier alpha value is -3.21. The molecule has 0 saturated heterocycles. The van der Waals surface area contributed by atoms with E-state index in [1.54, 1.807) is 18.5 Å². The zero-order chi connectivity index (χ0) is 17.5. The molecule has 0 aliphatic heterocycles. The van der Waals surface area contributed by atoms with E-state index >= 15 is 0 Å². The molecule has 3 rings (SSSR count). The number of carbonyl (C=O) groups excluding carboxylic acids is 1. The van der Waals surface area contributed by atoms with Crippen LogP contribution in [0.3, 0.4) is 0 Å². The first-order valence-electron chi connectivity index (χ1n) is 7.85. The Morgan fingerprint density at radius 2 is 1.72 bits per heavy atom. The number of rotatable bonds is 6. The van der Waals surface area contributed by atoms with Crippen LogP contribution in [0.25, 0.3) is 0 Å². The van der Waals surface area contributed by atoms with Crippen LogP contribution in [-0.4, -0.2) is 17.5 Å². The van der Waals surface area contributed by atoms with E-state index in [9.17, 15) is 9.18 Å². The monoisotopic (exact) mass is 336 g/mol. The average molecular weight is 336 g/mol. The topological polar surface area (TPSA) is 51.2 Å². The third-order valence-corrected chi connectivity index (χ3v) is 3.64. The molecule has 1 atom stereocenters. The minimum atomic E-state index is -0.406. The van der Waals surface area contributed by atoms with Crippen LogP contribution in [-0.2, 0) is 4.79 Å². The molecule has 1 amide bonds. The summed E-state index contributed by atoms with van der Waals surface area (Å²) in [6.07, 6.45) is 3.36. The predicted octanol–water partition coefficient (Wildman–Crippen LogP) is 3.51. The molecule has 0 fully saturated rings. The second kappa shape index (κ2) is 8.06. The van der Waals surface area contributed by atoms with Crippen LogP contribution < -0.4 is 10.1 Å². The normalized spacial score (nSPS) is 11.6. The van der Waals surface area contributed by atoms with Crippen molar-refractivity contribution in [3.63, 3.8) is 0 Å². The summed E-state index contributed by atoms with van der Waals surface area (Å²) < 4.78 is 18.5. The van der Waals surface area contributed by atoms with E-state index in [2.05, 4.69) is 10.3 Å². The molecule has 1 aromatic heterocycles. The molecule has 25 heavy (non-hydrogen) atoms. The van der Waals surface area contributed by atoms with E-state index in [0.717, 1.165) is 11.1 Å². The van der Waals surface area contributed by atoms with Crippen molar-refractivity contribution in [2.24, 2.45) is 0 Å².